The maximum Gasteiger partial charge on any atom is 0.247 e. The second-order valence-electron chi connectivity index (χ2n) is 5.56. The van der Waals surface area contributed by atoms with Crippen LogP contribution in [-0.4, -0.2) is 32.4 Å². The molecule has 0 spiro atoms. The fourth-order valence-electron chi connectivity index (χ4n) is 2.34. The number of methoxy groups -OCH3 is 1. The van der Waals surface area contributed by atoms with Crippen molar-refractivity contribution in [3.8, 4) is 5.75 Å². The molecule has 2 rings (SSSR count). The van der Waals surface area contributed by atoms with Crippen LogP contribution in [0.25, 0.3) is 0 Å². The summed E-state index contributed by atoms with van der Waals surface area (Å²) in [6.45, 7) is 4.45. The van der Waals surface area contributed by atoms with Crippen molar-refractivity contribution in [2.75, 3.05) is 19.4 Å². The lowest BCUT2D eigenvalue weighted by molar-refractivity contribution is 0.380. The molecular formula is C15H24N2O3S. The molecule has 0 atom stereocenters. The summed E-state index contributed by atoms with van der Waals surface area (Å²) in [5.41, 5.74) is 7.18. The van der Waals surface area contributed by atoms with Gasteiger partial charge in [-0.2, -0.15) is 4.31 Å². The van der Waals surface area contributed by atoms with Crippen molar-refractivity contribution in [2.24, 2.45) is 0 Å². The summed E-state index contributed by atoms with van der Waals surface area (Å²) in [4.78, 5) is 0.177. The Morgan fingerprint density at radius 2 is 2.05 bits per heavy atom. The maximum atomic E-state index is 13.0. The first kappa shape index (κ1) is 16.1. The van der Waals surface area contributed by atoms with Gasteiger partial charge in [-0.05, 0) is 43.9 Å². The first-order chi connectivity index (χ1) is 9.91. The SMILES string of the molecule is CCCCN(C1CC1)S(=O)(=O)c1cc(N)c(C)cc1OC. The summed E-state index contributed by atoms with van der Waals surface area (Å²) in [5.74, 6) is 0.365. The van der Waals surface area contributed by atoms with Gasteiger partial charge in [0, 0.05) is 18.3 Å². The summed E-state index contributed by atoms with van der Waals surface area (Å²) < 4.78 is 32.8. The number of nitrogens with zero attached hydrogens (tertiary/aromatic N) is 1. The predicted molar refractivity (Wildman–Crippen MR) is 84.0 cm³/mol. The number of nitrogens with two attached hydrogens (primary N) is 1. The van der Waals surface area contributed by atoms with Crippen molar-refractivity contribution in [2.45, 2.75) is 50.5 Å². The van der Waals surface area contributed by atoms with Crippen LogP contribution in [-0.2, 0) is 10.0 Å². The van der Waals surface area contributed by atoms with Gasteiger partial charge in [0.2, 0.25) is 10.0 Å². The molecule has 1 aliphatic rings. The Balaban J connectivity index is 2.44. The lowest BCUT2D eigenvalue weighted by Crippen LogP contribution is -2.34. The van der Waals surface area contributed by atoms with E-state index in [-0.39, 0.29) is 10.9 Å². The molecule has 0 radical (unpaired) electrons. The smallest absolute Gasteiger partial charge is 0.247 e. The van der Waals surface area contributed by atoms with Crippen LogP contribution in [0.3, 0.4) is 0 Å². The predicted octanol–water partition coefficient (Wildman–Crippen LogP) is 2.54. The number of benzene rings is 1. The molecule has 1 saturated carbocycles. The Bertz CT molecular complexity index is 610. The van der Waals surface area contributed by atoms with Gasteiger partial charge in [-0.1, -0.05) is 13.3 Å². The highest BCUT2D eigenvalue weighted by molar-refractivity contribution is 7.89. The number of aryl methyl sites for hydroxylation is 1. The summed E-state index contributed by atoms with van der Waals surface area (Å²) in [7, 11) is -2.08. The maximum absolute atomic E-state index is 13.0. The molecule has 0 heterocycles. The minimum Gasteiger partial charge on any atom is -0.495 e. The Labute approximate surface area is 127 Å². The molecule has 1 aromatic rings. The zero-order valence-electron chi connectivity index (χ0n) is 12.9. The van der Waals surface area contributed by atoms with Crippen LogP contribution >= 0.6 is 0 Å². The molecule has 6 heteroatoms. The van der Waals surface area contributed by atoms with Gasteiger partial charge >= 0.3 is 0 Å². The average Bonchev–Trinajstić information content (AvgIpc) is 3.26. The molecule has 0 aliphatic heterocycles. The molecule has 1 aromatic carbocycles. The molecule has 1 fully saturated rings. The zero-order valence-corrected chi connectivity index (χ0v) is 13.7. The van der Waals surface area contributed by atoms with Crippen LogP contribution in [0.5, 0.6) is 5.75 Å². The van der Waals surface area contributed by atoms with Crippen LogP contribution in [0.2, 0.25) is 0 Å². The van der Waals surface area contributed by atoms with Crippen LogP contribution in [0.15, 0.2) is 17.0 Å². The van der Waals surface area contributed by atoms with Crippen LogP contribution in [0.4, 0.5) is 5.69 Å². The number of nitrogen functional groups attached to an aromatic ring is 1. The number of hydrogen-bond acceptors (Lipinski definition) is 4. The average molecular weight is 312 g/mol. The molecule has 0 amide bonds. The second-order valence-corrected chi connectivity index (χ2v) is 7.42. The summed E-state index contributed by atoms with van der Waals surface area (Å²) in [6, 6.07) is 3.34. The van der Waals surface area contributed by atoms with Crippen LogP contribution in [0, 0.1) is 6.92 Å². The number of rotatable bonds is 7. The first-order valence-electron chi connectivity index (χ1n) is 7.37. The molecular weight excluding hydrogens is 288 g/mol. The molecule has 1 aliphatic carbocycles. The highest BCUT2D eigenvalue weighted by atomic mass is 32.2. The van der Waals surface area contributed by atoms with E-state index >= 15 is 0 Å². The van der Waals surface area contributed by atoms with Gasteiger partial charge in [-0.15, -0.1) is 0 Å². The van der Waals surface area contributed by atoms with E-state index in [1.54, 1.807) is 10.4 Å². The number of ether oxygens (including phenoxy) is 1. The highest BCUT2D eigenvalue weighted by Gasteiger charge is 2.39. The van der Waals surface area contributed by atoms with Gasteiger partial charge in [0.15, 0.2) is 0 Å². The highest BCUT2D eigenvalue weighted by Crippen LogP contribution is 2.36. The fourth-order valence-corrected chi connectivity index (χ4v) is 4.24. The Kier molecular flexibility index (Phi) is 4.78. The van der Waals surface area contributed by atoms with Crippen LogP contribution in [0.1, 0.15) is 38.2 Å². The molecule has 2 N–H and O–H groups in total. The Hall–Kier alpha value is -1.27. The fraction of sp³-hybridized carbons (Fsp3) is 0.600. The van der Waals surface area contributed by atoms with E-state index in [0.29, 0.717) is 18.0 Å². The second kappa shape index (κ2) is 6.23. The Morgan fingerprint density at radius 1 is 1.38 bits per heavy atom. The number of sulfonamides is 1. The molecule has 21 heavy (non-hydrogen) atoms. The van der Waals surface area contributed by atoms with E-state index in [4.69, 9.17) is 10.5 Å². The summed E-state index contributed by atoms with van der Waals surface area (Å²) >= 11 is 0. The van der Waals surface area contributed by atoms with Crippen molar-refractivity contribution >= 4 is 15.7 Å². The topological polar surface area (TPSA) is 72.6 Å². The van der Waals surface area contributed by atoms with Crippen molar-refractivity contribution in [1.29, 1.82) is 0 Å². The van der Waals surface area contributed by atoms with E-state index in [0.717, 1.165) is 31.2 Å². The Morgan fingerprint density at radius 3 is 2.57 bits per heavy atom. The lowest BCUT2D eigenvalue weighted by atomic mass is 10.2. The van der Waals surface area contributed by atoms with Gasteiger partial charge in [0.1, 0.15) is 10.6 Å². The molecule has 0 unspecified atom stereocenters. The van der Waals surface area contributed by atoms with Gasteiger partial charge in [0.25, 0.3) is 0 Å². The first-order valence-corrected chi connectivity index (χ1v) is 8.81. The third-order valence-corrected chi connectivity index (χ3v) is 5.80. The normalized spacial score (nSPS) is 15.4. The molecule has 5 nitrogen and oxygen atoms in total. The largest absolute Gasteiger partial charge is 0.495 e. The quantitative estimate of drug-likeness (QED) is 0.785. The van der Waals surface area contributed by atoms with Gasteiger partial charge in [0.05, 0.1) is 7.11 Å². The molecule has 0 saturated heterocycles. The van der Waals surface area contributed by atoms with Crippen molar-refractivity contribution in [3.63, 3.8) is 0 Å². The van der Waals surface area contributed by atoms with E-state index in [9.17, 15) is 8.42 Å². The van der Waals surface area contributed by atoms with Crippen LogP contribution < -0.4 is 10.5 Å². The number of unbranched alkanes of at least 4 members (excludes halogenated alkanes) is 1. The zero-order chi connectivity index (χ0) is 15.6. The van der Waals surface area contributed by atoms with E-state index < -0.39 is 10.0 Å². The molecule has 0 bridgehead atoms. The minimum atomic E-state index is -3.56. The van der Waals surface area contributed by atoms with Gasteiger partial charge in [-0.25, -0.2) is 8.42 Å². The summed E-state index contributed by atoms with van der Waals surface area (Å²) in [6.07, 6.45) is 3.70. The van der Waals surface area contributed by atoms with E-state index in [1.807, 2.05) is 6.92 Å². The van der Waals surface area contributed by atoms with Crippen molar-refractivity contribution in [1.82, 2.24) is 4.31 Å². The van der Waals surface area contributed by atoms with Gasteiger partial charge < -0.3 is 10.5 Å². The standard InChI is InChI=1S/C15H24N2O3S/c1-4-5-8-17(12-6-7-12)21(18,19)15-10-13(16)11(2)9-14(15)20-3/h9-10,12H,4-8,16H2,1-3H3. The third-order valence-electron chi connectivity index (χ3n) is 3.83. The summed E-state index contributed by atoms with van der Waals surface area (Å²) in [5, 5.41) is 0. The van der Waals surface area contributed by atoms with E-state index in [1.165, 1.54) is 13.2 Å². The molecule has 118 valence electrons. The van der Waals surface area contributed by atoms with Crippen molar-refractivity contribution < 1.29 is 13.2 Å². The number of anilines is 1. The monoisotopic (exact) mass is 312 g/mol. The molecule has 0 aromatic heterocycles. The number of hydrogen-bond donors (Lipinski definition) is 1. The van der Waals surface area contributed by atoms with Crippen molar-refractivity contribution in [3.05, 3.63) is 17.7 Å². The van der Waals surface area contributed by atoms with E-state index in [2.05, 4.69) is 6.92 Å². The van der Waals surface area contributed by atoms with Gasteiger partial charge in [-0.3, -0.25) is 0 Å². The minimum absolute atomic E-state index is 0.133. The lowest BCUT2D eigenvalue weighted by Gasteiger charge is -2.23. The third kappa shape index (κ3) is 3.32.